The number of primary amides is 1. The normalized spacial score (nSPS) is 24.0. The maximum absolute atomic E-state index is 13.5. The first-order chi connectivity index (χ1) is 16.8. The van der Waals surface area contributed by atoms with Crippen LogP contribution in [-0.4, -0.2) is 81.3 Å². The van der Waals surface area contributed by atoms with Crippen LogP contribution in [0.4, 0.5) is 14.6 Å². The second-order valence-corrected chi connectivity index (χ2v) is 11.7. The fourth-order valence-corrected chi connectivity index (χ4v) is 7.97. The summed E-state index contributed by atoms with van der Waals surface area (Å²) in [5.41, 5.74) is 5.85. The molecule has 2 aromatic rings. The van der Waals surface area contributed by atoms with Gasteiger partial charge in [-0.05, 0) is 57.0 Å². The minimum Gasteiger partial charge on any atom is -0.351 e. The van der Waals surface area contributed by atoms with Crippen molar-refractivity contribution in [2.75, 3.05) is 38.0 Å². The second kappa shape index (κ2) is 9.44. The van der Waals surface area contributed by atoms with Gasteiger partial charge in [-0.3, -0.25) is 29.5 Å². The summed E-state index contributed by atoms with van der Waals surface area (Å²) in [6.07, 6.45) is 3.21. The number of thioether (sulfide) groups is 1. The maximum Gasteiger partial charge on any atom is 0.317 e. The maximum atomic E-state index is 13.5. The Bertz CT molecular complexity index is 1190. The van der Waals surface area contributed by atoms with Crippen LogP contribution in [0, 0.1) is 0 Å². The average Bonchev–Trinajstić information content (AvgIpc) is 3.31. The van der Waals surface area contributed by atoms with E-state index in [-0.39, 0.29) is 23.1 Å². The van der Waals surface area contributed by atoms with Crippen LogP contribution in [-0.2, 0) is 4.79 Å². The molecule has 186 valence electrons. The van der Waals surface area contributed by atoms with Gasteiger partial charge in [0.05, 0.1) is 5.56 Å². The predicted octanol–water partition coefficient (Wildman–Crippen LogP) is 3.55. The average molecular weight is 516 g/mol. The van der Waals surface area contributed by atoms with Gasteiger partial charge >= 0.3 is 6.03 Å². The molecule has 4 heterocycles. The van der Waals surface area contributed by atoms with Gasteiger partial charge in [0.1, 0.15) is 9.75 Å². The molecule has 1 atom stereocenters. The van der Waals surface area contributed by atoms with Gasteiger partial charge in [0.2, 0.25) is 5.91 Å². The summed E-state index contributed by atoms with van der Waals surface area (Å²) < 4.78 is 0.256. The van der Waals surface area contributed by atoms with E-state index in [1.54, 1.807) is 0 Å². The number of likely N-dealkylation sites (tertiary alicyclic amines) is 2. The van der Waals surface area contributed by atoms with Crippen LogP contribution >= 0.6 is 23.1 Å². The van der Waals surface area contributed by atoms with Crippen molar-refractivity contribution in [2.45, 2.75) is 43.4 Å². The lowest BCUT2D eigenvalue weighted by atomic mass is 9.92. The Morgan fingerprint density at radius 3 is 2.60 bits per heavy atom. The molecule has 3 aliphatic rings. The minimum atomic E-state index is -0.692. The Morgan fingerprint density at radius 1 is 1.17 bits per heavy atom. The standard InChI is InChI=1S/C24H29N5O4S2/c1-2-29-21(31)24(35-23(29)33)10-5-11-28(14-24)15-8-12-27(13-9-15)20(30)18-16-6-3-4-7-17(16)34-19(18)26-22(25)32/h3-4,6-7,15H,2,5,8-14H2,1H3,(H3,25,26,32). The van der Waals surface area contributed by atoms with Crippen molar-refractivity contribution in [3.8, 4) is 0 Å². The van der Waals surface area contributed by atoms with Gasteiger partial charge in [-0.15, -0.1) is 11.3 Å². The first kappa shape index (κ1) is 24.1. The van der Waals surface area contributed by atoms with Crippen LogP contribution in [0.1, 0.15) is 43.0 Å². The van der Waals surface area contributed by atoms with Gasteiger partial charge in [-0.2, -0.15) is 0 Å². The van der Waals surface area contributed by atoms with E-state index in [4.69, 9.17) is 5.73 Å². The fraction of sp³-hybridized carbons (Fsp3) is 0.500. The summed E-state index contributed by atoms with van der Waals surface area (Å²) >= 11 is 2.54. The van der Waals surface area contributed by atoms with Crippen molar-refractivity contribution < 1.29 is 19.2 Å². The van der Waals surface area contributed by atoms with E-state index >= 15 is 0 Å². The molecule has 3 aliphatic heterocycles. The smallest absolute Gasteiger partial charge is 0.317 e. The second-order valence-electron chi connectivity index (χ2n) is 9.30. The number of benzene rings is 1. The zero-order valence-electron chi connectivity index (χ0n) is 19.6. The Hall–Kier alpha value is -2.63. The number of fused-ring (bicyclic) bond motifs is 1. The highest BCUT2D eigenvalue weighted by Gasteiger charge is 2.54. The largest absolute Gasteiger partial charge is 0.351 e. The molecule has 35 heavy (non-hydrogen) atoms. The van der Waals surface area contributed by atoms with E-state index in [0.717, 1.165) is 42.3 Å². The van der Waals surface area contributed by atoms with Crippen molar-refractivity contribution in [3.63, 3.8) is 0 Å². The number of anilines is 1. The van der Waals surface area contributed by atoms with Gasteiger partial charge < -0.3 is 10.6 Å². The minimum absolute atomic E-state index is 0.0499. The molecule has 3 saturated heterocycles. The van der Waals surface area contributed by atoms with E-state index in [9.17, 15) is 19.2 Å². The molecule has 11 heteroatoms. The number of nitrogens with zero attached hydrogens (tertiary/aromatic N) is 3. The summed E-state index contributed by atoms with van der Waals surface area (Å²) in [7, 11) is 0. The molecule has 1 aromatic heterocycles. The Balaban J connectivity index is 1.28. The molecule has 5 rings (SSSR count). The third kappa shape index (κ3) is 4.30. The zero-order valence-corrected chi connectivity index (χ0v) is 21.3. The highest BCUT2D eigenvalue weighted by Crippen LogP contribution is 2.44. The summed E-state index contributed by atoms with van der Waals surface area (Å²) in [4.78, 5) is 56.0. The number of thiophene rings is 1. The summed E-state index contributed by atoms with van der Waals surface area (Å²) in [5.74, 6) is -0.156. The van der Waals surface area contributed by atoms with Crippen LogP contribution in [0.2, 0.25) is 0 Å². The number of imide groups is 1. The van der Waals surface area contributed by atoms with E-state index in [1.807, 2.05) is 36.1 Å². The molecule has 1 spiro atoms. The number of rotatable bonds is 4. The Labute approximate surface area is 212 Å². The molecule has 0 aliphatic carbocycles. The number of nitrogens with two attached hydrogens (primary N) is 1. The van der Waals surface area contributed by atoms with Crippen molar-refractivity contribution in [3.05, 3.63) is 29.8 Å². The van der Waals surface area contributed by atoms with E-state index < -0.39 is 10.8 Å². The lowest BCUT2D eigenvalue weighted by Gasteiger charge is -2.44. The number of carbonyl (C=O) groups is 4. The van der Waals surface area contributed by atoms with Crippen LogP contribution in [0.5, 0.6) is 0 Å². The van der Waals surface area contributed by atoms with E-state index in [1.165, 1.54) is 28.0 Å². The molecule has 1 aromatic carbocycles. The number of nitrogens with one attached hydrogen (secondary N) is 1. The number of amides is 5. The summed E-state index contributed by atoms with van der Waals surface area (Å²) in [6.45, 7) is 4.92. The molecule has 5 amide bonds. The lowest BCUT2D eigenvalue weighted by Crippen LogP contribution is -2.56. The first-order valence-electron chi connectivity index (χ1n) is 12.0. The van der Waals surface area contributed by atoms with Crippen molar-refractivity contribution in [2.24, 2.45) is 5.73 Å². The van der Waals surface area contributed by atoms with Crippen LogP contribution in [0.15, 0.2) is 24.3 Å². The number of piperidine rings is 2. The Kier molecular flexibility index (Phi) is 6.49. The molecule has 3 fully saturated rings. The van der Waals surface area contributed by atoms with Gasteiger partial charge in [-0.25, -0.2) is 4.79 Å². The van der Waals surface area contributed by atoms with Gasteiger partial charge in [-0.1, -0.05) is 18.2 Å². The quantitative estimate of drug-likeness (QED) is 0.643. The fourth-order valence-electron chi connectivity index (χ4n) is 5.54. The Morgan fingerprint density at radius 2 is 1.91 bits per heavy atom. The molecule has 0 bridgehead atoms. The first-order valence-corrected chi connectivity index (χ1v) is 13.6. The van der Waals surface area contributed by atoms with Gasteiger partial charge in [0, 0.05) is 42.3 Å². The van der Waals surface area contributed by atoms with Crippen LogP contribution in [0.3, 0.4) is 0 Å². The summed E-state index contributed by atoms with van der Waals surface area (Å²) in [6, 6.07) is 7.17. The zero-order chi connectivity index (χ0) is 24.7. The number of carbonyl (C=O) groups excluding carboxylic acids is 4. The molecular weight excluding hydrogens is 486 g/mol. The van der Waals surface area contributed by atoms with E-state index in [2.05, 4.69) is 10.2 Å². The SMILES string of the molecule is CCN1C(=O)SC2(CCCN(C3CCN(C(=O)c4c(NC(N)=O)sc5ccccc45)CC3)C2)C1=O. The molecule has 1 unspecified atom stereocenters. The van der Waals surface area contributed by atoms with E-state index in [0.29, 0.717) is 36.7 Å². The van der Waals surface area contributed by atoms with Crippen molar-refractivity contribution in [1.29, 1.82) is 0 Å². The molecular formula is C24H29N5O4S2. The topological polar surface area (TPSA) is 116 Å². The molecule has 0 radical (unpaired) electrons. The number of hydrogen-bond donors (Lipinski definition) is 2. The van der Waals surface area contributed by atoms with Gasteiger partial charge in [0.15, 0.2) is 0 Å². The van der Waals surface area contributed by atoms with Crippen LogP contribution in [0.25, 0.3) is 10.1 Å². The molecule has 3 N–H and O–H groups in total. The van der Waals surface area contributed by atoms with Gasteiger partial charge in [0.25, 0.3) is 11.1 Å². The number of urea groups is 1. The van der Waals surface area contributed by atoms with Crippen molar-refractivity contribution in [1.82, 2.24) is 14.7 Å². The number of hydrogen-bond acceptors (Lipinski definition) is 7. The third-order valence-corrected chi connectivity index (χ3v) is 9.63. The van der Waals surface area contributed by atoms with Crippen LogP contribution < -0.4 is 11.1 Å². The third-order valence-electron chi connectivity index (χ3n) is 7.25. The molecule has 9 nitrogen and oxygen atoms in total. The molecule has 0 saturated carbocycles. The van der Waals surface area contributed by atoms with Crippen molar-refractivity contribution >= 4 is 61.3 Å². The highest BCUT2D eigenvalue weighted by atomic mass is 32.2. The highest BCUT2D eigenvalue weighted by molar-refractivity contribution is 8.16. The summed E-state index contributed by atoms with van der Waals surface area (Å²) in [5, 5.41) is 3.78. The predicted molar refractivity (Wildman–Crippen MR) is 138 cm³/mol. The monoisotopic (exact) mass is 515 g/mol. The lowest BCUT2D eigenvalue weighted by molar-refractivity contribution is -0.131.